The van der Waals surface area contributed by atoms with Crippen molar-refractivity contribution in [1.29, 1.82) is 0 Å². The van der Waals surface area contributed by atoms with Gasteiger partial charge in [-0.15, -0.1) is 11.6 Å². The normalized spacial score (nSPS) is 23.2. The summed E-state index contributed by atoms with van der Waals surface area (Å²) in [6.45, 7) is 2.15. The molecule has 0 N–H and O–H groups in total. The zero-order valence-electron chi connectivity index (χ0n) is 7.40. The van der Waals surface area contributed by atoms with Crippen molar-refractivity contribution >= 4 is 23.4 Å². The Hall–Kier alpha value is 0.640. The highest BCUT2D eigenvalue weighted by atomic mass is 35.5. The van der Waals surface area contributed by atoms with Crippen LogP contribution in [0.25, 0.3) is 0 Å². The van der Waals surface area contributed by atoms with E-state index in [9.17, 15) is 0 Å². The van der Waals surface area contributed by atoms with E-state index < -0.39 is 0 Å². The van der Waals surface area contributed by atoms with Gasteiger partial charge >= 0.3 is 0 Å². The van der Waals surface area contributed by atoms with Crippen LogP contribution in [0.1, 0.15) is 32.6 Å². The van der Waals surface area contributed by atoms with Crippen molar-refractivity contribution in [1.82, 2.24) is 0 Å². The Balaban J connectivity index is 2.14. The molecule has 0 aromatic rings. The monoisotopic (exact) mass is 192 g/mol. The summed E-state index contributed by atoms with van der Waals surface area (Å²) in [6, 6.07) is 0. The first-order valence-corrected chi connectivity index (χ1v) is 6.17. The van der Waals surface area contributed by atoms with Crippen LogP contribution in [0.5, 0.6) is 0 Å². The van der Waals surface area contributed by atoms with Crippen LogP contribution in [0.4, 0.5) is 0 Å². The summed E-state index contributed by atoms with van der Waals surface area (Å²) in [4.78, 5) is 0. The van der Waals surface area contributed by atoms with Crippen LogP contribution in [0.15, 0.2) is 0 Å². The molecule has 0 radical (unpaired) electrons. The fourth-order valence-electron chi connectivity index (χ4n) is 1.58. The van der Waals surface area contributed by atoms with Gasteiger partial charge in [-0.2, -0.15) is 11.8 Å². The van der Waals surface area contributed by atoms with Crippen molar-refractivity contribution in [2.45, 2.75) is 38.0 Å². The standard InChI is InChI=1S/C9H17ClS/c1-8(10)9(5-6-9)4-3-7-11-2/h8H,3-7H2,1-2H3. The second-order valence-electron chi connectivity index (χ2n) is 3.57. The molecule has 1 fully saturated rings. The van der Waals surface area contributed by atoms with E-state index in [1.165, 1.54) is 31.4 Å². The summed E-state index contributed by atoms with van der Waals surface area (Å²) in [5, 5.41) is 0.393. The molecule has 0 saturated heterocycles. The van der Waals surface area contributed by atoms with Gasteiger partial charge in [0.15, 0.2) is 0 Å². The van der Waals surface area contributed by atoms with Gasteiger partial charge in [-0.05, 0) is 50.0 Å². The van der Waals surface area contributed by atoms with E-state index in [0.717, 1.165) is 0 Å². The zero-order chi connectivity index (χ0) is 8.32. The minimum atomic E-state index is 0.393. The van der Waals surface area contributed by atoms with Crippen LogP contribution < -0.4 is 0 Å². The van der Waals surface area contributed by atoms with Gasteiger partial charge in [0.25, 0.3) is 0 Å². The lowest BCUT2D eigenvalue weighted by Gasteiger charge is -2.16. The minimum absolute atomic E-state index is 0.393. The average Bonchev–Trinajstić information content (AvgIpc) is 2.70. The SMILES string of the molecule is CSCCCC1(C(C)Cl)CC1. The molecule has 0 nitrogen and oxygen atoms in total. The number of alkyl halides is 1. The highest BCUT2D eigenvalue weighted by molar-refractivity contribution is 7.98. The van der Waals surface area contributed by atoms with Gasteiger partial charge in [0.05, 0.1) is 0 Å². The Morgan fingerprint density at radius 2 is 2.18 bits per heavy atom. The number of hydrogen-bond acceptors (Lipinski definition) is 1. The summed E-state index contributed by atoms with van der Waals surface area (Å²) < 4.78 is 0. The number of rotatable bonds is 5. The van der Waals surface area contributed by atoms with Gasteiger partial charge in [0.1, 0.15) is 0 Å². The predicted octanol–water partition coefficient (Wildman–Crippen LogP) is 3.54. The Morgan fingerprint density at radius 3 is 2.55 bits per heavy atom. The first-order chi connectivity index (χ1) is 5.21. The molecule has 0 aromatic heterocycles. The van der Waals surface area contributed by atoms with Crippen LogP contribution in [0, 0.1) is 5.41 Å². The molecule has 1 saturated carbocycles. The second-order valence-corrected chi connectivity index (χ2v) is 5.21. The third-order valence-corrected chi connectivity index (χ3v) is 3.92. The molecule has 1 unspecified atom stereocenters. The van der Waals surface area contributed by atoms with Gasteiger partial charge in [0.2, 0.25) is 0 Å². The van der Waals surface area contributed by atoms with Gasteiger partial charge in [-0.25, -0.2) is 0 Å². The average molecular weight is 193 g/mol. The lowest BCUT2D eigenvalue weighted by atomic mass is 9.97. The fourth-order valence-corrected chi connectivity index (χ4v) is 2.34. The van der Waals surface area contributed by atoms with Gasteiger partial charge < -0.3 is 0 Å². The largest absolute Gasteiger partial charge is 0.165 e. The van der Waals surface area contributed by atoms with E-state index >= 15 is 0 Å². The van der Waals surface area contributed by atoms with E-state index in [-0.39, 0.29) is 0 Å². The van der Waals surface area contributed by atoms with E-state index in [2.05, 4.69) is 13.2 Å². The van der Waals surface area contributed by atoms with Crippen molar-refractivity contribution in [2.75, 3.05) is 12.0 Å². The molecule has 0 aromatic carbocycles. The van der Waals surface area contributed by atoms with Gasteiger partial charge in [-0.3, -0.25) is 0 Å². The van der Waals surface area contributed by atoms with Crippen LogP contribution in [0.3, 0.4) is 0 Å². The number of halogens is 1. The summed E-state index contributed by atoms with van der Waals surface area (Å²) in [5.74, 6) is 1.30. The van der Waals surface area contributed by atoms with E-state index in [0.29, 0.717) is 10.8 Å². The first-order valence-electron chi connectivity index (χ1n) is 4.34. The fraction of sp³-hybridized carbons (Fsp3) is 1.00. The molecule has 66 valence electrons. The van der Waals surface area contributed by atoms with Gasteiger partial charge in [-0.1, -0.05) is 0 Å². The zero-order valence-corrected chi connectivity index (χ0v) is 8.97. The number of hydrogen-bond donors (Lipinski definition) is 0. The molecule has 11 heavy (non-hydrogen) atoms. The molecule has 1 aliphatic carbocycles. The van der Waals surface area contributed by atoms with Crippen molar-refractivity contribution in [3.8, 4) is 0 Å². The Morgan fingerprint density at radius 1 is 1.55 bits per heavy atom. The van der Waals surface area contributed by atoms with E-state index in [4.69, 9.17) is 11.6 Å². The number of thioether (sulfide) groups is 1. The third kappa shape index (κ3) is 2.55. The molecular formula is C9H17ClS. The van der Waals surface area contributed by atoms with Crippen LogP contribution in [-0.4, -0.2) is 17.4 Å². The molecule has 0 heterocycles. The summed E-state index contributed by atoms with van der Waals surface area (Å²) >= 11 is 8.04. The lowest BCUT2D eigenvalue weighted by Crippen LogP contribution is -2.12. The summed E-state index contributed by atoms with van der Waals surface area (Å²) in [7, 11) is 0. The first kappa shape index (κ1) is 9.73. The molecular weight excluding hydrogens is 176 g/mol. The van der Waals surface area contributed by atoms with Crippen LogP contribution >= 0.6 is 23.4 Å². The summed E-state index contributed by atoms with van der Waals surface area (Å²) in [6.07, 6.45) is 7.60. The van der Waals surface area contributed by atoms with E-state index in [1.807, 2.05) is 11.8 Å². The topological polar surface area (TPSA) is 0 Å². The summed E-state index contributed by atoms with van der Waals surface area (Å²) in [5.41, 5.74) is 0.553. The third-order valence-electron chi connectivity index (χ3n) is 2.76. The van der Waals surface area contributed by atoms with Crippen LogP contribution in [0.2, 0.25) is 0 Å². The minimum Gasteiger partial charge on any atom is -0.165 e. The highest BCUT2D eigenvalue weighted by Crippen LogP contribution is 2.54. The Bertz CT molecular complexity index is 119. The van der Waals surface area contributed by atoms with Gasteiger partial charge in [0, 0.05) is 5.38 Å². The molecule has 0 bridgehead atoms. The second kappa shape index (κ2) is 4.04. The Kier molecular flexibility index (Phi) is 3.57. The van der Waals surface area contributed by atoms with Crippen molar-refractivity contribution in [3.63, 3.8) is 0 Å². The van der Waals surface area contributed by atoms with Crippen molar-refractivity contribution in [3.05, 3.63) is 0 Å². The molecule has 1 aliphatic rings. The molecule has 0 amide bonds. The van der Waals surface area contributed by atoms with Crippen LogP contribution in [-0.2, 0) is 0 Å². The maximum Gasteiger partial charge on any atom is 0.0364 e. The predicted molar refractivity (Wildman–Crippen MR) is 54.6 cm³/mol. The molecule has 1 atom stereocenters. The molecule has 0 aliphatic heterocycles. The quantitative estimate of drug-likeness (QED) is 0.475. The van der Waals surface area contributed by atoms with Crippen molar-refractivity contribution in [2.24, 2.45) is 5.41 Å². The Labute approximate surface area is 79.1 Å². The molecule has 1 rings (SSSR count). The lowest BCUT2D eigenvalue weighted by molar-refractivity contribution is 0.453. The van der Waals surface area contributed by atoms with Crippen molar-refractivity contribution < 1.29 is 0 Å². The highest BCUT2D eigenvalue weighted by Gasteiger charge is 2.45. The molecule has 2 heteroatoms. The molecule has 0 spiro atoms. The van der Waals surface area contributed by atoms with E-state index in [1.54, 1.807) is 0 Å². The maximum atomic E-state index is 6.10. The smallest absolute Gasteiger partial charge is 0.0364 e. The maximum absolute atomic E-state index is 6.10.